The summed E-state index contributed by atoms with van der Waals surface area (Å²) in [5.74, 6) is -9.26. The number of primary amides is 1. The van der Waals surface area contributed by atoms with Crippen LogP contribution < -0.4 is 111 Å². The van der Waals surface area contributed by atoms with Crippen LogP contribution in [0.3, 0.4) is 0 Å². The highest BCUT2D eigenvalue weighted by Crippen LogP contribution is 2.20. The number of nitrogens with one attached hydrogen (secondary N) is 10. The van der Waals surface area contributed by atoms with Gasteiger partial charge in [-0.15, -0.1) is 0 Å². The van der Waals surface area contributed by atoms with Gasteiger partial charge in [-0.25, -0.2) is 0 Å². The van der Waals surface area contributed by atoms with Crippen LogP contribution in [0.2, 0.25) is 0 Å². The smallest absolute Gasteiger partial charge is 0.243 e. The van der Waals surface area contributed by atoms with Crippen LogP contribution in [-0.4, -0.2) is 193 Å². The van der Waals surface area contributed by atoms with Gasteiger partial charge in [-0.2, -0.15) is 0 Å². The molecule has 2 rings (SSSR count). The number of amides is 10. The fraction of sp³-hybridized carbons (Fsp3) is 0.607. The molecule has 10 amide bonds. The first-order chi connectivity index (χ1) is 43.6. The Kier molecular flexibility index (Phi) is 36.2. The molecule has 0 saturated heterocycles. The molecule has 92 heavy (non-hydrogen) atoms. The number of aromatic nitrogens is 1. The zero-order chi connectivity index (χ0) is 68.9. The SMILES string of the molecule is CC(=O)N[C@@H](CCCN=C(N)N)C(=O)N[C@@H](C)C(=O)N[C@@H](CCCN=C(N)N)C(=O)N[C@@H](Cc1c[nH]c2ccccc12)C(=O)N[C@@H](CCCN=C(N)N)C(=O)N[C@@H](CCCCN)C(=O)N[C@@H](CCCCN)C(=O)N[C@@H](CCCN=C(N)N)C(=O)N[C@H](C(N)=O)[C@@H](C)O. The monoisotopic (exact) mass is 1300 g/mol. The predicted molar refractivity (Wildman–Crippen MR) is 347 cm³/mol. The van der Waals surface area contributed by atoms with Crippen molar-refractivity contribution < 1.29 is 53.1 Å². The van der Waals surface area contributed by atoms with Crippen LogP contribution in [0.1, 0.15) is 116 Å². The van der Waals surface area contributed by atoms with Crippen molar-refractivity contribution in [3.05, 3.63) is 36.0 Å². The minimum atomic E-state index is -1.54. The lowest BCUT2D eigenvalue weighted by molar-refractivity contribution is -0.136. The number of fused-ring (bicyclic) bond motifs is 1. The molecule has 1 aromatic heterocycles. The third-order valence-corrected chi connectivity index (χ3v) is 14.1. The summed E-state index contributed by atoms with van der Waals surface area (Å²) in [5, 5.41) is 34.5. The van der Waals surface area contributed by atoms with E-state index in [1.165, 1.54) is 20.8 Å². The number of hydrogen-bond acceptors (Lipinski definition) is 17. The first kappa shape index (κ1) is 78.5. The number of para-hydroxylation sites is 1. The van der Waals surface area contributed by atoms with Crippen LogP contribution in [0, 0.1) is 0 Å². The van der Waals surface area contributed by atoms with Gasteiger partial charge in [-0.05, 0) is 128 Å². The zero-order valence-corrected chi connectivity index (χ0v) is 52.7. The van der Waals surface area contributed by atoms with Gasteiger partial charge in [0.25, 0.3) is 0 Å². The van der Waals surface area contributed by atoms with Crippen molar-refractivity contribution in [1.82, 2.24) is 52.8 Å². The Hall–Kier alpha value is -9.58. The van der Waals surface area contributed by atoms with Crippen molar-refractivity contribution in [2.45, 2.75) is 178 Å². The molecule has 36 nitrogen and oxygen atoms in total. The summed E-state index contributed by atoms with van der Waals surface area (Å²) in [5.41, 5.74) is 62.5. The molecule has 0 saturated carbocycles. The maximum absolute atomic E-state index is 15.0. The lowest BCUT2D eigenvalue weighted by Crippen LogP contribution is -2.61. The molecule has 0 bridgehead atoms. The molecule has 36 heteroatoms. The van der Waals surface area contributed by atoms with Crippen LogP contribution in [0.4, 0.5) is 0 Å². The van der Waals surface area contributed by atoms with E-state index in [1.54, 1.807) is 30.5 Å². The molecule has 0 aliphatic rings. The third kappa shape index (κ3) is 30.8. The van der Waals surface area contributed by atoms with Gasteiger partial charge in [-0.1, -0.05) is 18.2 Å². The van der Waals surface area contributed by atoms with Gasteiger partial charge in [0.15, 0.2) is 23.8 Å². The molecular weight excluding hydrogens is 1200 g/mol. The Balaban J connectivity index is 2.66. The van der Waals surface area contributed by atoms with E-state index in [-0.39, 0.29) is 140 Å². The average molecular weight is 1300 g/mol. The van der Waals surface area contributed by atoms with Crippen molar-refractivity contribution >= 4 is 93.8 Å². The number of aliphatic imine (C=N–C) groups is 4. The quantitative estimate of drug-likeness (QED) is 0.0166. The number of guanidine groups is 4. The molecule has 10 atom stereocenters. The molecule has 0 spiro atoms. The van der Waals surface area contributed by atoms with Crippen LogP contribution in [0.15, 0.2) is 50.4 Å². The fourth-order valence-electron chi connectivity index (χ4n) is 9.31. The van der Waals surface area contributed by atoms with Crippen LogP contribution in [0.5, 0.6) is 0 Å². The van der Waals surface area contributed by atoms with Gasteiger partial charge >= 0.3 is 0 Å². The van der Waals surface area contributed by atoms with Crippen molar-refractivity contribution in [2.75, 3.05) is 39.3 Å². The lowest BCUT2D eigenvalue weighted by atomic mass is 10.0. The van der Waals surface area contributed by atoms with E-state index < -0.39 is 120 Å². The molecular formula is C56H99N25O11. The van der Waals surface area contributed by atoms with Gasteiger partial charge in [0.1, 0.15) is 54.4 Å². The Morgan fingerprint density at radius 2 is 0.761 bits per heavy atom. The number of hydrogen-bond donors (Lipinski definition) is 22. The number of aliphatic hydroxyl groups excluding tert-OH is 1. The summed E-state index contributed by atoms with van der Waals surface area (Å²) in [4.78, 5) is 157. The number of carbonyl (C=O) groups is 10. The summed E-state index contributed by atoms with van der Waals surface area (Å²) in [6.45, 7) is 4.42. The maximum atomic E-state index is 15.0. The van der Waals surface area contributed by atoms with E-state index in [9.17, 15) is 53.1 Å². The Morgan fingerprint density at radius 3 is 1.12 bits per heavy atom. The minimum Gasteiger partial charge on any atom is -0.391 e. The number of nitrogens with two attached hydrogens (primary N) is 11. The van der Waals surface area contributed by atoms with Gasteiger partial charge in [0.05, 0.1) is 6.10 Å². The second-order valence-corrected chi connectivity index (χ2v) is 21.9. The highest BCUT2D eigenvalue weighted by Gasteiger charge is 2.36. The predicted octanol–water partition coefficient (Wildman–Crippen LogP) is -7.55. The molecule has 0 aliphatic heterocycles. The van der Waals surface area contributed by atoms with Gasteiger partial charge in [0, 0.05) is 56.6 Å². The standard InChI is InChI=1S/C56H99N25O11/c1-30(73-46(86)36(74-32(3)83)18-10-24-68-53(60)61)45(85)75-39(19-11-25-69-54(62)63)50(90)80-42(28-33-29-72-35-15-5-4-14-34(33)35)52(92)79-40(20-12-26-70-55(64)65)49(89)77-37(16-6-8-22-57)47(87)76-38(17-7-9-23-58)48(88)78-41(21-13-27-71-56(66)67)51(91)81-43(31(2)82)44(59)84/h4-5,14-15,29-31,36-43,72,82H,6-13,16-28,57-58H2,1-3H3,(H2,59,84)(H,73,86)(H,74,83)(H,75,85)(H,76,87)(H,77,89)(H,78,88)(H,79,92)(H,80,90)(H,81,91)(H4,60,61,68)(H4,62,63,69)(H4,64,65,70)(H4,66,67,71)/t30-,31+,36-,37-,38-,39-,40-,41-,42-,43-/m0/s1. The topological polar surface area (TPSA) is 651 Å². The highest BCUT2D eigenvalue weighted by atomic mass is 16.3. The average Bonchev–Trinajstić information content (AvgIpc) is 2.06. The number of aromatic amines is 1. The van der Waals surface area contributed by atoms with Crippen LogP contribution in [-0.2, 0) is 54.4 Å². The molecule has 514 valence electrons. The summed E-state index contributed by atoms with van der Waals surface area (Å²) in [7, 11) is 0. The molecule has 0 unspecified atom stereocenters. The van der Waals surface area contributed by atoms with E-state index in [4.69, 9.17) is 63.1 Å². The third-order valence-electron chi connectivity index (χ3n) is 14.1. The Labute approximate surface area is 534 Å². The Bertz CT molecular complexity index is 2850. The van der Waals surface area contributed by atoms with E-state index in [0.29, 0.717) is 35.7 Å². The summed E-state index contributed by atoms with van der Waals surface area (Å²) >= 11 is 0. The highest BCUT2D eigenvalue weighted by molar-refractivity contribution is 5.99. The normalized spacial score (nSPS) is 14.2. The van der Waals surface area contributed by atoms with E-state index in [1.807, 2.05) is 0 Å². The molecule has 2 aromatic rings. The fourth-order valence-corrected chi connectivity index (χ4v) is 9.31. The molecule has 0 fully saturated rings. The molecule has 33 N–H and O–H groups in total. The second-order valence-electron chi connectivity index (χ2n) is 21.9. The second kappa shape index (κ2) is 42.4. The van der Waals surface area contributed by atoms with Gasteiger partial charge in [-0.3, -0.25) is 67.9 Å². The molecule has 1 aromatic carbocycles. The molecule has 0 aliphatic carbocycles. The van der Waals surface area contributed by atoms with Gasteiger partial charge in [0.2, 0.25) is 59.1 Å². The number of unbranched alkanes of at least 4 members (excludes halogenated alkanes) is 2. The van der Waals surface area contributed by atoms with Crippen molar-refractivity contribution in [3.8, 4) is 0 Å². The van der Waals surface area contributed by atoms with Crippen LogP contribution >= 0.6 is 0 Å². The summed E-state index contributed by atoms with van der Waals surface area (Å²) in [6.07, 6.45) is 1.79. The number of benzene rings is 1. The first-order valence-corrected chi connectivity index (χ1v) is 30.4. The zero-order valence-electron chi connectivity index (χ0n) is 52.7. The Morgan fingerprint density at radius 1 is 0.435 bits per heavy atom. The van der Waals surface area contributed by atoms with E-state index in [2.05, 4.69) is 72.8 Å². The van der Waals surface area contributed by atoms with Crippen molar-refractivity contribution in [3.63, 3.8) is 0 Å². The molecule has 1 heterocycles. The lowest BCUT2D eigenvalue weighted by Gasteiger charge is -2.28. The van der Waals surface area contributed by atoms with E-state index in [0.717, 1.165) is 0 Å². The van der Waals surface area contributed by atoms with Crippen molar-refractivity contribution in [1.29, 1.82) is 0 Å². The number of H-pyrrole nitrogens is 1. The van der Waals surface area contributed by atoms with Crippen molar-refractivity contribution in [2.24, 2.45) is 83.0 Å². The number of nitrogens with zero attached hydrogens (tertiary/aromatic N) is 4. The summed E-state index contributed by atoms with van der Waals surface area (Å²) in [6, 6.07) is -5.27. The maximum Gasteiger partial charge on any atom is 0.243 e. The number of aliphatic hydroxyl groups is 1. The van der Waals surface area contributed by atoms with Crippen LogP contribution in [0.25, 0.3) is 10.9 Å². The van der Waals surface area contributed by atoms with Gasteiger partial charge < -0.3 is 121 Å². The minimum absolute atomic E-state index is 0.00836. The van der Waals surface area contributed by atoms with E-state index >= 15 is 0 Å². The first-order valence-electron chi connectivity index (χ1n) is 30.4. The molecule has 0 radical (unpaired) electrons. The summed E-state index contributed by atoms with van der Waals surface area (Å²) < 4.78 is 0. The largest absolute Gasteiger partial charge is 0.391 e. The number of rotatable bonds is 45. The number of carbonyl (C=O) groups excluding carboxylic acids is 10.